The Kier molecular flexibility index (Phi) is 4.11. The van der Waals surface area contributed by atoms with Crippen LogP contribution < -0.4 is 15.4 Å². The molecule has 0 bridgehead atoms. The molecule has 1 amide bonds. The third-order valence-corrected chi connectivity index (χ3v) is 3.53. The van der Waals surface area contributed by atoms with Gasteiger partial charge in [0.05, 0.1) is 12.1 Å². The molecule has 1 aliphatic carbocycles. The molecule has 0 unspecified atom stereocenters. The predicted octanol–water partition coefficient (Wildman–Crippen LogP) is 2.77. The molecule has 2 aromatic rings. The summed E-state index contributed by atoms with van der Waals surface area (Å²) in [6.07, 6.45) is 3.42. The number of hydrogen-bond acceptors (Lipinski definition) is 5. The lowest BCUT2D eigenvalue weighted by Gasteiger charge is -2.09. The number of anilines is 2. The van der Waals surface area contributed by atoms with Crippen molar-refractivity contribution < 1.29 is 9.53 Å². The van der Waals surface area contributed by atoms with Crippen molar-refractivity contribution in [3.05, 3.63) is 41.3 Å². The molecule has 3 rings (SSSR count). The molecule has 1 saturated carbocycles. The number of nitrogens with one attached hydrogen (secondary N) is 2. The van der Waals surface area contributed by atoms with E-state index in [0.29, 0.717) is 28.3 Å². The molecule has 0 aliphatic heterocycles. The summed E-state index contributed by atoms with van der Waals surface area (Å²) < 4.78 is 5.11. The fourth-order valence-corrected chi connectivity index (χ4v) is 2.19. The van der Waals surface area contributed by atoms with Gasteiger partial charge in [0.25, 0.3) is 5.91 Å². The lowest BCUT2D eigenvalue weighted by Crippen LogP contribution is -2.26. The first-order valence-electron chi connectivity index (χ1n) is 6.89. The van der Waals surface area contributed by atoms with E-state index in [2.05, 4.69) is 20.6 Å². The van der Waals surface area contributed by atoms with Gasteiger partial charge in [0.1, 0.15) is 23.6 Å². The fourth-order valence-electron chi connectivity index (χ4n) is 1.93. The summed E-state index contributed by atoms with van der Waals surface area (Å²) in [6.45, 7) is 0. The van der Waals surface area contributed by atoms with Crippen LogP contribution in [0.3, 0.4) is 0 Å². The lowest BCUT2D eigenvalue weighted by molar-refractivity contribution is 0.0946. The van der Waals surface area contributed by atoms with Crippen molar-refractivity contribution in [1.82, 2.24) is 15.3 Å². The van der Waals surface area contributed by atoms with Crippen molar-refractivity contribution in [3.8, 4) is 5.75 Å². The number of hydrogen-bond donors (Lipinski definition) is 2. The molecule has 2 N–H and O–H groups in total. The highest BCUT2D eigenvalue weighted by atomic mass is 35.5. The maximum atomic E-state index is 12.0. The zero-order valence-electron chi connectivity index (χ0n) is 12.0. The van der Waals surface area contributed by atoms with Crippen molar-refractivity contribution >= 4 is 29.0 Å². The molecule has 0 radical (unpaired) electrons. The highest BCUT2D eigenvalue weighted by molar-refractivity contribution is 6.32. The van der Waals surface area contributed by atoms with Gasteiger partial charge in [-0.05, 0) is 31.0 Å². The highest BCUT2D eigenvalue weighted by Crippen LogP contribution is 2.28. The minimum absolute atomic E-state index is 0.180. The SMILES string of the molecule is COc1ccc(Nc2cc(C(=O)NC3CC3)ncn2)cc1Cl. The Bertz CT molecular complexity index is 704. The van der Waals surface area contributed by atoms with Crippen LogP contribution in [0.1, 0.15) is 23.3 Å². The standard InChI is InChI=1S/C15H15ClN4O2/c1-22-13-5-4-10(6-11(13)16)19-14-7-12(17-8-18-14)15(21)20-9-2-3-9/h4-9H,2-3H2,1H3,(H,20,21)(H,17,18,19). The van der Waals surface area contributed by atoms with E-state index in [9.17, 15) is 4.79 Å². The average Bonchev–Trinajstić information content (AvgIpc) is 3.32. The molecule has 1 fully saturated rings. The first-order valence-corrected chi connectivity index (χ1v) is 7.27. The van der Waals surface area contributed by atoms with E-state index in [1.165, 1.54) is 6.33 Å². The van der Waals surface area contributed by atoms with Gasteiger partial charge in [-0.25, -0.2) is 9.97 Å². The van der Waals surface area contributed by atoms with Crippen molar-refractivity contribution in [1.29, 1.82) is 0 Å². The number of nitrogens with zero attached hydrogens (tertiary/aromatic N) is 2. The normalized spacial score (nSPS) is 13.5. The number of rotatable bonds is 5. The van der Waals surface area contributed by atoms with Crippen LogP contribution in [0, 0.1) is 0 Å². The third-order valence-electron chi connectivity index (χ3n) is 3.24. The second-order valence-electron chi connectivity index (χ2n) is 5.01. The summed E-state index contributed by atoms with van der Waals surface area (Å²) in [7, 11) is 1.56. The Morgan fingerprint density at radius 2 is 2.14 bits per heavy atom. The van der Waals surface area contributed by atoms with Crippen LogP contribution in [0.15, 0.2) is 30.6 Å². The summed E-state index contributed by atoms with van der Waals surface area (Å²) in [5.74, 6) is 0.942. The van der Waals surface area contributed by atoms with Crippen molar-refractivity contribution in [2.24, 2.45) is 0 Å². The number of aromatic nitrogens is 2. The van der Waals surface area contributed by atoms with E-state index in [0.717, 1.165) is 18.5 Å². The van der Waals surface area contributed by atoms with Crippen LogP contribution in [0.4, 0.5) is 11.5 Å². The van der Waals surface area contributed by atoms with Gasteiger partial charge in [-0.1, -0.05) is 11.6 Å². The monoisotopic (exact) mass is 318 g/mol. The average molecular weight is 319 g/mol. The van der Waals surface area contributed by atoms with E-state index in [1.807, 2.05) is 6.07 Å². The van der Waals surface area contributed by atoms with Gasteiger partial charge in [-0.3, -0.25) is 4.79 Å². The molecular weight excluding hydrogens is 304 g/mol. The van der Waals surface area contributed by atoms with E-state index in [4.69, 9.17) is 16.3 Å². The number of carbonyl (C=O) groups excluding carboxylic acids is 1. The van der Waals surface area contributed by atoms with Gasteiger partial charge in [-0.2, -0.15) is 0 Å². The van der Waals surface area contributed by atoms with Crippen LogP contribution in [0.5, 0.6) is 5.75 Å². The number of halogens is 1. The maximum absolute atomic E-state index is 12.0. The van der Waals surface area contributed by atoms with Gasteiger partial charge in [0, 0.05) is 17.8 Å². The molecule has 1 aromatic carbocycles. The lowest BCUT2D eigenvalue weighted by atomic mass is 10.3. The zero-order valence-corrected chi connectivity index (χ0v) is 12.7. The molecule has 1 heterocycles. The Balaban J connectivity index is 1.74. The summed E-state index contributed by atoms with van der Waals surface area (Å²) >= 11 is 6.08. The topological polar surface area (TPSA) is 76.1 Å². The molecule has 6 nitrogen and oxygen atoms in total. The summed E-state index contributed by atoms with van der Waals surface area (Å²) in [5.41, 5.74) is 1.09. The van der Waals surface area contributed by atoms with Crippen LogP contribution in [0.25, 0.3) is 0 Å². The molecule has 1 aliphatic rings. The summed E-state index contributed by atoms with van der Waals surface area (Å²) in [5, 5.41) is 6.47. The molecular formula is C15H15ClN4O2. The smallest absolute Gasteiger partial charge is 0.270 e. The van der Waals surface area contributed by atoms with E-state index in [-0.39, 0.29) is 5.91 Å². The number of benzene rings is 1. The van der Waals surface area contributed by atoms with Crippen molar-refractivity contribution in [2.75, 3.05) is 12.4 Å². The van der Waals surface area contributed by atoms with Crippen LogP contribution in [-0.2, 0) is 0 Å². The summed E-state index contributed by atoms with van der Waals surface area (Å²) in [4.78, 5) is 20.1. The minimum Gasteiger partial charge on any atom is -0.495 e. The number of methoxy groups -OCH3 is 1. The van der Waals surface area contributed by atoms with Gasteiger partial charge >= 0.3 is 0 Å². The zero-order chi connectivity index (χ0) is 15.5. The number of amides is 1. The van der Waals surface area contributed by atoms with Crippen LogP contribution >= 0.6 is 11.6 Å². The maximum Gasteiger partial charge on any atom is 0.270 e. The fraction of sp³-hybridized carbons (Fsp3) is 0.267. The van der Waals surface area contributed by atoms with Gasteiger partial charge in [-0.15, -0.1) is 0 Å². The molecule has 7 heteroatoms. The largest absolute Gasteiger partial charge is 0.495 e. The molecule has 0 atom stereocenters. The van der Waals surface area contributed by atoms with Crippen LogP contribution in [-0.4, -0.2) is 29.0 Å². The van der Waals surface area contributed by atoms with Crippen LogP contribution in [0.2, 0.25) is 5.02 Å². The molecule has 22 heavy (non-hydrogen) atoms. The van der Waals surface area contributed by atoms with E-state index < -0.39 is 0 Å². The quantitative estimate of drug-likeness (QED) is 0.886. The second-order valence-corrected chi connectivity index (χ2v) is 5.42. The number of ether oxygens (including phenoxy) is 1. The van der Waals surface area contributed by atoms with Crippen molar-refractivity contribution in [3.63, 3.8) is 0 Å². The minimum atomic E-state index is -0.180. The Morgan fingerprint density at radius 1 is 1.32 bits per heavy atom. The Morgan fingerprint density at radius 3 is 2.82 bits per heavy atom. The predicted molar refractivity (Wildman–Crippen MR) is 83.8 cm³/mol. The molecule has 0 spiro atoms. The first kappa shape index (κ1) is 14.6. The van der Waals surface area contributed by atoms with Gasteiger partial charge in [0.15, 0.2) is 0 Å². The second kappa shape index (κ2) is 6.19. The molecule has 0 saturated heterocycles. The van der Waals surface area contributed by atoms with Crippen molar-refractivity contribution in [2.45, 2.75) is 18.9 Å². The van der Waals surface area contributed by atoms with E-state index >= 15 is 0 Å². The Labute approximate surface area is 132 Å². The Hall–Kier alpha value is -2.34. The van der Waals surface area contributed by atoms with E-state index in [1.54, 1.807) is 25.3 Å². The highest BCUT2D eigenvalue weighted by Gasteiger charge is 2.24. The third kappa shape index (κ3) is 3.46. The van der Waals surface area contributed by atoms with Gasteiger partial charge in [0.2, 0.25) is 0 Å². The molecule has 114 valence electrons. The van der Waals surface area contributed by atoms with Gasteiger partial charge < -0.3 is 15.4 Å². The molecule has 1 aromatic heterocycles. The first-order chi connectivity index (χ1) is 10.7. The summed E-state index contributed by atoms with van der Waals surface area (Å²) in [6, 6.07) is 7.20. The number of carbonyl (C=O) groups is 1.